The maximum Gasteiger partial charge on any atom is 0.272 e. The molecule has 0 unspecified atom stereocenters. The minimum Gasteiger partial charge on any atom is -0.484 e. The smallest absolute Gasteiger partial charge is 0.272 e. The van der Waals surface area contributed by atoms with E-state index in [9.17, 15) is 13.2 Å². The molecule has 0 spiro atoms. The molecule has 0 aliphatic heterocycles. The molecule has 6 nitrogen and oxygen atoms in total. The second-order valence-corrected chi connectivity index (χ2v) is 9.01. The lowest BCUT2D eigenvalue weighted by molar-refractivity contribution is -0.123. The molecular formula is C16H20N2O4S2. The Labute approximate surface area is 145 Å². The molecule has 2 rings (SSSR count). The van der Waals surface area contributed by atoms with Crippen LogP contribution in [0.25, 0.3) is 0 Å². The molecule has 8 heteroatoms. The van der Waals surface area contributed by atoms with Crippen LogP contribution < -0.4 is 15.0 Å². The van der Waals surface area contributed by atoms with Crippen molar-refractivity contribution in [2.45, 2.75) is 30.4 Å². The predicted molar refractivity (Wildman–Crippen MR) is 93.4 cm³/mol. The maximum atomic E-state index is 11.8. The molecule has 0 aliphatic rings. The summed E-state index contributed by atoms with van der Waals surface area (Å²) in [5.41, 5.74) is 3.32. The maximum absolute atomic E-state index is 11.8. The first-order chi connectivity index (χ1) is 11.2. The number of amides is 1. The number of carbonyl (C=O) groups excluding carboxylic acids is 1. The third kappa shape index (κ3) is 5.05. The molecule has 0 bridgehead atoms. The quantitative estimate of drug-likeness (QED) is 0.767. The number of carbonyl (C=O) groups is 1. The fourth-order valence-electron chi connectivity index (χ4n) is 1.83. The van der Waals surface area contributed by atoms with Crippen LogP contribution in [0.15, 0.2) is 46.0 Å². The van der Waals surface area contributed by atoms with E-state index in [1.165, 1.54) is 6.07 Å². The zero-order valence-electron chi connectivity index (χ0n) is 13.7. The molecule has 0 saturated carbocycles. The van der Waals surface area contributed by atoms with Gasteiger partial charge in [0.05, 0.1) is 0 Å². The van der Waals surface area contributed by atoms with Crippen molar-refractivity contribution in [2.24, 2.45) is 0 Å². The summed E-state index contributed by atoms with van der Waals surface area (Å²) >= 11 is 1.06. The summed E-state index contributed by atoms with van der Waals surface area (Å²) in [6.45, 7) is 6.03. The second-order valence-electron chi connectivity index (χ2n) is 6.15. The van der Waals surface area contributed by atoms with Crippen LogP contribution in [0.5, 0.6) is 5.75 Å². The SMILES string of the molecule is CC(C)(C)c1ccc(OCC(=O)NNS(=O)(=O)c2cccs2)cc1. The number of benzene rings is 1. The van der Waals surface area contributed by atoms with Gasteiger partial charge in [0, 0.05) is 0 Å². The van der Waals surface area contributed by atoms with Gasteiger partial charge in [-0.25, -0.2) is 8.42 Å². The Morgan fingerprint density at radius 2 is 1.83 bits per heavy atom. The molecule has 1 heterocycles. The normalized spacial score (nSPS) is 12.0. The Balaban J connectivity index is 1.83. The van der Waals surface area contributed by atoms with E-state index in [1.54, 1.807) is 23.6 Å². The summed E-state index contributed by atoms with van der Waals surface area (Å²) < 4.78 is 29.2. The third-order valence-electron chi connectivity index (χ3n) is 3.18. The predicted octanol–water partition coefficient (Wildman–Crippen LogP) is 2.43. The molecule has 1 aromatic carbocycles. The van der Waals surface area contributed by atoms with Gasteiger partial charge in [0.25, 0.3) is 15.9 Å². The van der Waals surface area contributed by atoms with Crippen molar-refractivity contribution in [3.05, 3.63) is 47.3 Å². The average Bonchev–Trinajstić information content (AvgIpc) is 3.06. The highest BCUT2D eigenvalue weighted by molar-refractivity contribution is 7.91. The standard InChI is InChI=1S/C16H20N2O4S2/c1-16(2,3)12-6-8-13(9-7-12)22-11-14(19)17-18-24(20,21)15-5-4-10-23-15/h4-10,18H,11H2,1-3H3,(H,17,19). The first-order valence-corrected chi connectivity index (χ1v) is 9.62. The van der Waals surface area contributed by atoms with Gasteiger partial charge in [0.1, 0.15) is 9.96 Å². The highest BCUT2D eigenvalue weighted by Crippen LogP contribution is 2.24. The number of hydrogen-bond acceptors (Lipinski definition) is 5. The van der Waals surface area contributed by atoms with Crippen LogP contribution in [-0.2, 0) is 20.2 Å². The van der Waals surface area contributed by atoms with E-state index >= 15 is 0 Å². The topological polar surface area (TPSA) is 84.5 Å². The number of hydrazine groups is 1. The Hall–Kier alpha value is -1.90. The monoisotopic (exact) mass is 368 g/mol. The van der Waals surface area contributed by atoms with Crippen molar-refractivity contribution < 1.29 is 17.9 Å². The van der Waals surface area contributed by atoms with E-state index < -0.39 is 15.9 Å². The zero-order valence-corrected chi connectivity index (χ0v) is 15.3. The van der Waals surface area contributed by atoms with Crippen molar-refractivity contribution in [2.75, 3.05) is 6.61 Å². The van der Waals surface area contributed by atoms with Crippen molar-refractivity contribution in [1.82, 2.24) is 10.3 Å². The lowest BCUT2D eigenvalue weighted by atomic mass is 9.87. The van der Waals surface area contributed by atoms with E-state index in [2.05, 4.69) is 26.2 Å². The summed E-state index contributed by atoms with van der Waals surface area (Å²) in [4.78, 5) is 13.7. The molecular weight excluding hydrogens is 348 g/mol. The van der Waals surface area contributed by atoms with E-state index in [-0.39, 0.29) is 16.2 Å². The summed E-state index contributed by atoms with van der Waals surface area (Å²) in [7, 11) is -3.74. The van der Waals surface area contributed by atoms with Gasteiger partial charge < -0.3 is 4.74 Å². The van der Waals surface area contributed by atoms with Crippen molar-refractivity contribution in [3.8, 4) is 5.75 Å². The van der Waals surface area contributed by atoms with Crippen molar-refractivity contribution in [3.63, 3.8) is 0 Å². The van der Waals surface area contributed by atoms with Crippen LogP contribution in [0.1, 0.15) is 26.3 Å². The number of thiophene rings is 1. The van der Waals surface area contributed by atoms with Gasteiger partial charge in [-0.05, 0) is 34.6 Å². The molecule has 24 heavy (non-hydrogen) atoms. The van der Waals surface area contributed by atoms with Gasteiger partial charge in [-0.2, -0.15) is 0 Å². The van der Waals surface area contributed by atoms with Crippen molar-refractivity contribution >= 4 is 27.3 Å². The lowest BCUT2D eigenvalue weighted by Gasteiger charge is -2.19. The van der Waals surface area contributed by atoms with E-state index in [0.717, 1.165) is 16.9 Å². The summed E-state index contributed by atoms with van der Waals surface area (Å²) in [6, 6.07) is 10.5. The van der Waals surface area contributed by atoms with Gasteiger partial charge in [-0.3, -0.25) is 10.2 Å². The number of sulfonamides is 1. The Morgan fingerprint density at radius 3 is 2.38 bits per heavy atom. The number of rotatable bonds is 6. The fraction of sp³-hybridized carbons (Fsp3) is 0.312. The molecule has 1 aromatic heterocycles. The minimum atomic E-state index is -3.74. The van der Waals surface area contributed by atoms with Gasteiger partial charge >= 0.3 is 0 Å². The summed E-state index contributed by atoms with van der Waals surface area (Å²) in [5.74, 6) is -0.0470. The average molecular weight is 368 g/mol. The number of nitrogens with one attached hydrogen (secondary N) is 2. The fourth-order valence-corrected chi connectivity index (χ4v) is 3.68. The van der Waals surface area contributed by atoms with Crippen LogP contribution in [0.3, 0.4) is 0 Å². The molecule has 0 atom stereocenters. The van der Waals surface area contributed by atoms with Crippen LogP contribution >= 0.6 is 11.3 Å². The highest BCUT2D eigenvalue weighted by atomic mass is 32.2. The van der Waals surface area contributed by atoms with Gasteiger partial charge in [-0.1, -0.05) is 39.0 Å². The second kappa shape index (κ2) is 7.33. The molecule has 0 fully saturated rings. The molecule has 2 N–H and O–H groups in total. The van der Waals surface area contributed by atoms with E-state index in [1.807, 2.05) is 17.0 Å². The van der Waals surface area contributed by atoms with E-state index in [4.69, 9.17) is 4.74 Å². The van der Waals surface area contributed by atoms with E-state index in [0.29, 0.717) is 5.75 Å². The zero-order chi connectivity index (χ0) is 17.8. The molecule has 2 aromatic rings. The van der Waals surface area contributed by atoms with Gasteiger partial charge in [0.2, 0.25) is 0 Å². The summed E-state index contributed by atoms with van der Waals surface area (Å²) in [5, 5.41) is 1.64. The Kier molecular flexibility index (Phi) is 5.63. The van der Waals surface area contributed by atoms with Crippen LogP contribution in [0.2, 0.25) is 0 Å². The van der Waals surface area contributed by atoms with Crippen molar-refractivity contribution in [1.29, 1.82) is 0 Å². The number of hydrogen-bond donors (Lipinski definition) is 2. The first-order valence-electron chi connectivity index (χ1n) is 7.26. The molecule has 0 radical (unpaired) electrons. The lowest BCUT2D eigenvalue weighted by Crippen LogP contribution is -2.43. The van der Waals surface area contributed by atoms with Crippen LogP contribution in [0, 0.1) is 0 Å². The molecule has 0 saturated heterocycles. The molecule has 130 valence electrons. The van der Waals surface area contributed by atoms with Gasteiger partial charge in [0.15, 0.2) is 6.61 Å². The van der Waals surface area contributed by atoms with Gasteiger partial charge in [-0.15, -0.1) is 16.2 Å². The third-order valence-corrected chi connectivity index (χ3v) is 5.82. The Morgan fingerprint density at radius 1 is 1.17 bits per heavy atom. The molecule has 0 aliphatic carbocycles. The largest absolute Gasteiger partial charge is 0.484 e. The first kappa shape index (κ1) is 18.4. The Bertz CT molecular complexity index is 776. The highest BCUT2D eigenvalue weighted by Gasteiger charge is 2.16. The molecule has 1 amide bonds. The summed E-state index contributed by atoms with van der Waals surface area (Å²) in [6.07, 6.45) is 0. The van der Waals surface area contributed by atoms with Crippen LogP contribution in [0.4, 0.5) is 0 Å². The van der Waals surface area contributed by atoms with Crippen LogP contribution in [-0.4, -0.2) is 20.9 Å². The minimum absolute atomic E-state index is 0.0377. The number of ether oxygens (including phenoxy) is 1.